The minimum atomic E-state index is -5.23. The number of amides is 4. The molecule has 2 aliphatic heterocycles. The predicted octanol–water partition coefficient (Wildman–Crippen LogP) is 0.168. The summed E-state index contributed by atoms with van der Waals surface area (Å²) < 4.78 is 149. The van der Waals surface area contributed by atoms with Crippen molar-refractivity contribution < 1.29 is 146 Å². The fourth-order valence-electron chi connectivity index (χ4n) is 11.3. The molecule has 104 heavy (non-hydrogen) atoms. The van der Waals surface area contributed by atoms with Gasteiger partial charge in [0, 0.05) is 48.9 Å². The molecule has 10 unspecified atom stereocenters. The van der Waals surface area contributed by atoms with E-state index in [1.54, 1.807) is 12.1 Å². The van der Waals surface area contributed by atoms with Gasteiger partial charge in [-0.15, -0.1) is 0 Å². The number of hydrogen-bond donors (Lipinski definition) is 16. The Hall–Kier alpha value is -8.89. The Bertz CT molecular complexity index is 4220. The Morgan fingerprint density at radius 2 is 1.37 bits per heavy atom. The Labute approximate surface area is 592 Å². The molecule has 11 atom stereocenters. The number of aliphatic hydroxyl groups excluding tert-OH is 5. The fourth-order valence-corrected chi connectivity index (χ4v) is 13.2. The number of rotatable bonds is 36. The summed E-state index contributed by atoms with van der Waals surface area (Å²) in [5.74, 6) is -7.41. The van der Waals surface area contributed by atoms with E-state index in [4.69, 9.17) is 37.9 Å². The van der Waals surface area contributed by atoms with E-state index in [0.717, 1.165) is 43.5 Å². The number of nitrogens with one attached hydrogen (secondary N) is 5. The second-order valence-corrected chi connectivity index (χ2v) is 28.2. The summed E-state index contributed by atoms with van der Waals surface area (Å²) in [7, 11) is -15.3. The van der Waals surface area contributed by atoms with Crippen LogP contribution in [0.1, 0.15) is 77.8 Å². The van der Waals surface area contributed by atoms with E-state index < -0.39 is 221 Å². The van der Waals surface area contributed by atoms with E-state index in [-0.39, 0.29) is 62.1 Å². The third kappa shape index (κ3) is 23.1. The molecular formula is C63H77N7O31S3. The van der Waals surface area contributed by atoms with Gasteiger partial charge in [-0.1, -0.05) is 62.4 Å². The Kier molecular flexibility index (Phi) is 28.5. The highest BCUT2D eigenvalue weighted by atomic mass is 32.2. The number of ether oxygens (including phenoxy) is 8. The maximum Gasteiger partial charge on any atom is 0.338 e. The van der Waals surface area contributed by atoms with Crippen LogP contribution in [0, 0.1) is 5.92 Å². The van der Waals surface area contributed by atoms with Gasteiger partial charge in [-0.3, -0.25) is 32.8 Å². The van der Waals surface area contributed by atoms with Gasteiger partial charge in [-0.25, -0.2) is 9.59 Å². The second-order valence-electron chi connectivity index (χ2n) is 24.0. The molecule has 38 nitrogen and oxygen atoms in total. The van der Waals surface area contributed by atoms with Gasteiger partial charge in [-0.05, 0) is 78.2 Å². The van der Waals surface area contributed by atoms with Crippen molar-refractivity contribution in [3.63, 3.8) is 0 Å². The monoisotopic (exact) mass is 1520 g/mol. The van der Waals surface area contributed by atoms with Gasteiger partial charge < -0.3 is 105 Å². The topological polar surface area (TPSA) is 587 Å². The molecule has 568 valence electrons. The van der Waals surface area contributed by atoms with Crippen molar-refractivity contribution in [1.82, 2.24) is 25.9 Å². The second kappa shape index (κ2) is 36.7. The van der Waals surface area contributed by atoms with Crippen LogP contribution in [-0.2, 0) is 94.0 Å². The summed E-state index contributed by atoms with van der Waals surface area (Å²) in [5.41, 5.74) is -0.372. The van der Waals surface area contributed by atoms with Crippen molar-refractivity contribution in [3.8, 4) is 11.9 Å². The largest absolute Gasteiger partial charge is 0.506 e. The number of carboxylic acid groups (broad SMARTS) is 1. The molecule has 1 saturated heterocycles. The van der Waals surface area contributed by atoms with E-state index in [1.807, 2.05) is 0 Å². The summed E-state index contributed by atoms with van der Waals surface area (Å²) >= 11 is 0. The maximum absolute atomic E-state index is 14.0. The van der Waals surface area contributed by atoms with Crippen LogP contribution in [-0.4, -0.2) is 245 Å². The number of aliphatic carboxylic acids is 1. The van der Waals surface area contributed by atoms with Crippen LogP contribution < -0.4 is 26.6 Å². The molecule has 0 spiro atoms. The summed E-state index contributed by atoms with van der Waals surface area (Å²) in [6.07, 6.45) is -14.7. The number of carboxylic acids is 1. The van der Waals surface area contributed by atoms with Crippen molar-refractivity contribution in [2.24, 2.45) is 5.92 Å². The zero-order valence-corrected chi connectivity index (χ0v) is 57.3. The molecule has 41 heteroatoms. The van der Waals surface area contributed by atoms with E-state index in [9.17, 15) is 109 Å². The number of benzene rings is 4. The summed E-state index contributed by atoms with van der Waals surface area (Å²) in [6, 6.07) is 14.3. The molecule has 4 amide bonds. The first-order valence-electron chi connectivity index (χ1n) is 32.0. The van der Waals surface area contributed by atoms with E-state index in [1.165, 1.54) is 42.5 Å². The number of anilines is 2. The molecule has 8 rings (SSSR count). The number of nitrogens with zero attached hydrogens (tertiary/aromatic N) is 2. The van der Waals surface area contributed by atoms with Crippen molar-refractivity contribution in [1.29, 1.82) is 0 Å². The molecule has 0 bridgehead atoms. The van der Waals surface area contributed by atoms with Gasteiger partial charge in [0.2, 0.25) is 29.9 Å². The number of carbonyl (C=O) groups is 6. The predicted molar refractivity (Wildman–Crippen MR) is 353 cm³/mol. The Morgan fingerprint density at radius 1 is 0.702 bits per heavy atom. The normalized spacial score (nSPS) is 21.1. The third-order valence-corrected chi connectivity index (χ3v) is 18.9. The van der Waals surface area contributed by atoms with Crippen molar-refractivity contribution in [2.75, 3.05) is 63.4 Å². The van der Waals surface area contributed by atoms with Crippen LogP contribution in [0.3, 0.4) is 0 Å². The lowest BCUT2D eigenvalue weighted by Gasteiger charge is -2.44. The standard InChI is InChI=1S/C63H77N7O31S3/c71-28-45-54(78)56(98-44(59(81)82)21-33-8-3-1-4-9-33)57(101-60(83)35-11-5-2-6-12-35)62(99-45)97-30-46(100-61-55(79)53(77)43(72)29-96-61)40(68-58(80)42-26-49(74)70-63(84)69-42)14-15-48(73)64-16-17-65-50(75)31-94-18-19-95-32-51(76)67-37-13-7-10-34(20-37)27-66-41-24-38(102(85,86)87)22-36-23-39(103(88,89)90)25-47(52(36)41)104(91,92)93/h2,5-7,10-13,20,22-26,29,33,40,44-46,53-57,61-62,66,71-72,77-79H,1,3-4,8-9,14-19,21,27-28,30-32H2,(H,64,73)(H,65,75)(H,67,76)(H,68,80)(H,81,82)(H,85,86,87)(H,88,89,90)(H,91,92,93)(H2,69,70,74,84)/t40?,44-,45?,46?,53?,54?,55?,56?,57?,61?,62?/m0/s1. The van der Waals surface area contributed by atoms with Gasteiger partial charge in [0.15, 0.2) is 24.3 Å². The van der Waals surface area contributed by atoms with E-state index in [2.05, 4.69) is 36.6 Å². The highest BCUT2D eigenvalue weighted by Gasteiger charge is 2.51. The maximum atomic E-state index is 14.0. The van der Waals surface area contributed by atoms with Crippen molar-refractivity contribution in [2.45, 2.75) is 140 Å². The Balaban J connectivity index is 0.866. The van der Waals surface area contributed by atoms with Crippen LogP contribution in [0.25, 0.3) is 10.8 Å². The smallest absolute Gasteiger partial charge is 0.338 e. The lowest BCUT2D eigenvalue weighted by Crippen LogP contribution is -2.63. The van der Waals surface area contributed by atoms with Crippen LogP contribution in [0.5, 0.6) is 11.9 Å². The van der Waals surface area contributed by atoms with Gasteiger partial charge >= 0.3 is 17.9 Å². The average Bonchev–Trinajstić information content (AvgIpc) is 0.754. The zero-order valence-electron chi connectivity index (χ0n) is 54.8. The molecule has 1 aliphatic carbocycles. The molecule has 3 aliphatic rings. The number of aliphatic hydroxyl groups is 5. The molecule has 4 aromatic carbocycles. The average molecular weight is 1520 g/mol. The molecule has 1 aromatic heterocycles. The summed E-state index contributed by atoms with van der Waals surface area (Å²) in [4.78, 5) is 83.9. The van der Waals surface area contributed by atoms with E-state index >= 15 is 0 Å². The van der Waals surface area contributed by atoms with Gasteiger partial charge in [0.05, 0.1) is 47.8 Å². The van der Waals surface area contributed by atoms with Crippen LogP contribution >= 0.6 is 0 Å². The number of hydrogen-bond acceptors (Lipinski definition) is 30. The minimum Gasteiger partial charge on any atom is -0.506 e. The quantitative estimate of drug-likeness (QED) is 0.0144. The molecule has 16 N–H and O–H groups in total. The lowest BCUT2D eigenvalue weighted by atomic mass is 9.85. The van der Waals surface area contributed by atoms with Gasteiger partial charge in [-0.2, -0.15) is 35.2 Å². The third-order valence-electron chi connectivity index (χ3n) is 16.4. The molecule has 3 heterocycles. The van der Waals surface area contributed by atoms with Gasteiger partial charge in [0.25, 0.3) is 36.3 Å². The highest BCUT2D eigenvalue weighted by molar-refractivity contribution is 7.87. The first kappa shape index (κ1) is 80.8. The molecule has 5 aromatic rings. The highest BCUT2D eigenvalue weighted by Crippen LogP contribution is 2.37. The van der Waals surface area contributed by atoms with Crippen LogP contribution in [0.15, 0.2) is 112 Å². The van der Waals surface area contributed by atoms with Crippen molar-refractivity contribution in [3.05, 3.63) is 114 Å². The minimum absolute atomic E-state index is 0.00776. The number of fused-ring (bicyclic) bond motifs is 1. The number of carbonyl (C=O) groups excluding carboxylic acids is 5. The van der Waals surface area contributed by atoms with Gasteiger partial charge in [0.1, 0.15) is 66.7 Å². The van der Waals surface area contributed by atoms with Crippen LogP contribution in [0.4, 0.5) is 11.4 Å². The number of esters is 1. The number of aromatic nitrogens is 2. The van der Waals surface area contributed by atoms with Crippen LogP contribution in [0.2, 0.25) is 0 Å². The first-order chi connectivity index (χ1) is 49.2. The SMILES string of the molecule is O=C(CCC(NC(=O)c1cc(O)nc(O)n1)C(COC1OC(CO)C(O)C(O[C@@H](CC2CCCCC2)C(=O)O)C1OC(=O)c1ccccc1)OC1OC=C(O)C(O)C1O)NCCNC(=O)COCCOCC(=O)Nc1cccc(CNc2cc(S(=O)(=O)O)cc3cc(S(=O)(=O)O)cc(S(=O)(=O)O)c23)c1. The molecular weight excluding hydrogens is 1450 g/mol. The summed E-state index contributed by atoms with van der Waals surface area (Å²) in [6.45, 7) is -3.82. The molecule has 0 radical (unpaired) electrons. The number of aromatic hydroxyl groups is 2. The molecule has 2 fully saturated rings. The first-order valence-corrected chi connectivity index (χ1v) is 36.3. The lowest BCUT2D eigenvalue weighted by molar-refractivity contribution is -0.319. The fraction of sp³-hybridized carbons (Fsp3) is 0.460. The van der Waals surface area contributed by atoms with E-state index in [0.29, 0.717) is 30.7 Å². The zero-order chi connectivity index (χ0) is 75.6. The molecule has 1 saturated carbocycles. The van der Waals surface area contributed by atoms with Crippen molar-refractivity contribution >= 4 is 88.1 Å². The summed E-state index contributed by atoms with van der Waals surface area (Å²) in [5, 5.41) is 96.9. The Morgan fingerprint density at radius 3 is 2.01 bits per heavy atom.